The molecule has 0 bridgehead atoms. The molecular formula is C16H19FO2. The van der Waals surface area contributed by atoms with Crippen LogP contribution < -0.4 is 0 Å². The van der Waals surface area contributed by atoms with Gasteiger partial charge in [-0.1, -0.05) is 18.2 Å². The summed E-state index contributed by atoms with van der Waals surface area (Å²) in [5.41, 5.74) is 2.31. The van der Waals surface area contributed by atoms with Crippen LogP contribution in [0.25, 0.3) is 0 Å². The third kappa shape index (κ3) is 2.65. The van der Waals surface area contributed by atoms with Gasteiger partial charge in [0, 0.05) is 17.4 Å². The number of halogens is 1. The zero-order valence-corrected chi connectivity index (χ0v) is 11.3. The van der Waals surface area contributed by atoms with Crippen LogP contribution in [0.4, 0.5) is 4.39 Å². The van der Waals surface area contributed by atoms with Gasteiger partial charge in [-0.05, 0) is 44.4 Å². The number of rotatable bonds is 2. The monoisotopic (exact) mass is 262 g/mol. The summed E-state index contributed by atoms with van der Waals surface area (Å²) in [5.74, 6) is -1.11. The second-order valence-corrected chi connectivity index (χ2v) is 5.35. The molecule has 3 heteroatoms. The number of benzene rings is 1. The Kier molecular flexibility index (Phi) is 3.65. The van der Waals surface area contributed by atoms with Crippen molar-refractivity contribution in [3.05, 3.63) is 47.3 Å². The molecule has 19 heavy (non-hydrogen) atoms. The molecule has 0 saturated carbocycles. The molecule has 0 aliphatic heterocycles. The molecule has 2 atom stereocenters. The molecular weight excluding hydrogens is 243 g/mol. The Morgan fingerprint density at radius 1 is 1.26 bits per heavy atom. The predicted molar refractivity (Wildman–Crippen MR) is 74.0 cm³/mol. The molecule has 0 saturated heterocycles. The van der Waals surface area contributed by atoms with Crippen LogP contribution >= 0.6 is 0 Å². The first-order valence-corrected chi connectivity index (χ1v) is 6.44. The Bertz CT molecular complexity index is 523. The third-order valence-electron chi connectivity index (χ3n) is 3.76. The number of aryl methyl sites for hydroxylation is 1. The van der Waals surface area contributed by atoms with Gasteiger partial charge in [-0.3, -0.25) is 0 Å². The second kappa shape index (κ2) is 5.08. The van der Waals surface area contributed by atoms with Crippen LogP contribution in [0.2, 0.25) is 0 Å². The molecule has 1 aromatic rings. The van der Waals surface area contributed by atoms with Crippen LogP contribution in [0.3, 0.4) is 0 Å². The van der Waals surface area contributed by atoms with E-state index in [-0.39, 0.29) is 23.3 Å². The third-order valence-corrected chi connectivity index (χ3v) is 3.76. The molecule has 2 nitrogen and oxygen atoms in total. The van der Waals surface area contributed by atoms with E-state index < -0.39 is 5.83 Å². The van der Waals surface area contributed by atoms with E-state index in [9.17, 15) is 14.6 Å². The number of hydrogen-bond acceptors (Lipinski definition) is 2. The number of phenolic OH excluding ortho intramolecular Hbond substituents is 2. The number of phenols is 2. The molecule has 2 N–H and O–H groups in total. The molecule has 0 spiro atoms. The zero-order chi connectivity index (χ0) is 14.2. The molecule has 0 aromatic heterocycles. The molecule has 0 amide bonds. The van der Waals surface area contributed by atoms with Crippen molar-refractivity contribution in [1.82, 2.24) is 0 Å². The molecule has 102 valence electrons. The normalized spacial score (nSPS) is 23.0. The maximum absolute atomic E-state index is 13.6. The first-order valence-electron chi connectivity index (χ1n) is 6.44. The quantitative estimate of drug-likeness (QED) is 0.779. The van der Waals surface area contributed by atoms with Gasteiger partial charge < -0.3 is 10.2 Å². The minimum Gasteiger partial charge on any atom is -0.507 e. The molecule has 2 rings (SSSR count). The number of aromatic hydroxyl groups is 2. The molecule has 0 heterocycles. The predicted octanol–water partition coefficient (Wildman–Crippen LogP) is 4.33. The van der Waals surface area contributed by atoms with Crippen molar-refractivity contribution < 1.29 is 14.6 Å². The summed E-state index contributed by atoms with van der Waals surface area (Å²) in [4.78, 5) is 0. The van der Waals surface area contributed by atoms with Crippen LogP contribution in [0.15, 0.2) is 36.2 Å². The van der Waals surface area contributed by atoms with Gasteiger partial charge >= 0.3 is 0 Å². The fourth-order valence-electron chi connectivity index (χ4n) is 2.81. The van der Waals surface area contributed by atoms with E-state index in [0.29, 0.717) is 12.0 Å². The zero-order valence-electron chi connectivity index (χ0n) is 11.3. The Balaban J connectivity index is 2.54. The van der Waals surface area contributed by atoms with Crippen LogP contribution in [-0.4, -0.2) is 10.2 Å². The highest BCUT2D eigenvalue weighted by Gasteiger charge is 2.31. The van der Waals surface area contributed by atoms with Crippen LogP contribution in [0.5, 0.6) is 11.5 Å². The summed E-state index contributed by atoms with van der Waals surface area (Å²) in [6, 6.07) is 3.18. The van der Waals surface area contributed by atoms with Crippen LogP contribution in [0, 0.1) is 12.8 Å². The lowest BCUT2D eigenvalue weighted by Gasteiger charge is -2.29. The molecule has 1 aromatic carbocycles. The minimum atomic E-state index is -0.395. The second-order valence-electron chi connectivity index (χ2n) is 5.35. The van der Waals surface area contributed by atoms with E-state index in [0.717, 1.165) is 17.6 Å². The van der Waals surface area contributed by atoms with Crippen molar-refractivity contribution in [2.75, 3.05) is 0 Å². The Morgan fingerprint density at radius 2 is 1.84 bits per heavy atom. The largest absolute Gasteiger partial charge is 0.507 e. The van der Waals surface area contributed by atoms with Crippen molar-refractivity contribution in [3.63, 3.8) is 0 Å². The van der Waals surface area contributed by atoms with Crippen molar-refractivity contribution >= 4 is 0 Å². The van der Waals surface area contributed by atoms with Gasteiger partial charge in [0.1, 0.15) is 11.5 Å². The smallest absolute Gasteiger partial charge is 0.123 e. The molecule has 0 radical (unpaired) electrons. The molecule has 1 aliphatic carbocycles. The summed E-state index contributed by atoms with van der Waals surface area (Å²) in [5, 5.41) is 20.1. The molecule has 0 fully saturated rings. The van der Waals surface area contributed by atoms with Crippen molar-refractivity contribution in [2.24, 2.45) is 5.92 Å². The summed E-state index contributed by atoms with van der Waals surface area (Å²) in [7, 11) is 0. The van der Waals surface area contributed by atoms with Gasteiger partial charge in [-0.15, -0.1) is 0 Å². The van der Waals surface area contributed by atoms with Crippen molar-refractivity contribution in [3.8, 4) is 11.5 Å². The van der Waals surface area contributed by atoms with E-state index in [1.165, 1.54) is 0 Å². The first-order chi connectivity index (χ1) is 8.90. The fourth-order valence-corrected chi connectivity index (χ4v) is 2.81. The lowest BCUT2D eigenvalue weighted by atomic mass is 9.76. The van der Waals surface area contributed by atoms with Gasteiger partial charge in [-0.2, -0.15) is 0 Å². The van der Waals surface area contributed by atoms with E-state index >= 15 is 0 Å². The maximum atomic E-state index is 13.6. The number of allylic oxidation sites excluding steroid dienone is 3. The summed E-state index contributed by atoms with van der Waals surface area (Å²) in [6.45, 7) is 7.16. The Morgan fingerprint density at radius 3 is 2.37 bits per heavy atom. The van der Waals surface area contributed by atoms with Crippen molar-refractivity contribution in [2.45, 2.75) is 32.6 Å². The van der Waals surface area contributed by atoms with Gasteiger partial charge in [-0.25, -0.2) is 4.39 Å². The lowest BCUT2D eigenvalue weighted by molar-refractivity contribution is 0.371. The highest BCUT2D eigenvalue weighted by atomic mass is 19.1. The molecule has 1 aliphatic rings. The maximum Gasteiger partial charge on any atom is 0.123 e. The number of hydrogen-bond donors (Lipinski definition) is 2. The SMILES string of the molecule is C=C(F)C1CCC(C)=CC1c1c(O)cc(C)cc1O. The summed E-state index contributed by atoms with van der Waals surface area (Å²) < 4.78 is 13.6. The Hall–Kier alpha value is -1.77. The van der Waals surface area contributed by atoms with Gasteiger partial charge in [0.05, 0.1) is 5.83 Å². The van der Waals surface area contributed by atoms with Gasteiger partial charge in [0.2, 0.25) is 0 Å². The summed E-state index contributed by atoms with van der Waals surface area (Å²) >= 11 is 0. The lowest BCUT2D eigenvalue weighted by Crippen LogP contribution is -2.16. The van der Waals surface area contributed by atoms with Crippen LogP contribution in [0.1, 0.15) is 36.8 Å². The molecule has 2 unspecified atom stereocenters. The van der Waals surface area contributed by atoms with Crippen molar-refractivity contribution in [1.29, 1.82) is 0 Å². The summed E-state index contributed by atoms with van der Waals surface area (Å²) in [6.07, 6.45) is 3.38. The highest BCUT2D eigenvalue weighted by molar-refractivity contribution is 5.51. The van der Waals surface area contributed by atoms with E-state index in [4.69, 9.17) is 0 Å². The topological polar surface area (TPSA) is 40.5 Å². The Labute approximate surface area is 112 Å². The van der Waals surface area contributed by atoms with E-state index in [2.05, 4.69) is 6.58 Å². The average Bonchev–Trinajstić information content (AvgIpc) is 2.27. The van der Waals surface area contributed by atoms with Gasteiger partial charge in [0.25, 0.3) is 0 Å². The first kappa shape index (κ1) is 13.7. The fraction of sp³-hybridized carbons (Fsp3) is 0.375. The standard InChI is InChI=1S/C16H19FO2/c1-9-4-5-12(11(3)17)13(6-9)16-14(18)7-10(2)8-15(16)19/h6-8,12-13,18-19H,3-5H2,1-2H3. The van der Waals surface area contributed by atoms with Gasteiger partial charge in [0.15, 0.2) is 0 Å². The average molecular weight is 262 g/mol. The minimum absolute atomic E-state index is 0.0136. The van der Waals surface area contributed by atoms with E-state index in [1.807, 2.05) is 13.0 Å². The van der Waals surface area contributed by atoms with Crippen LogP contribution in [-0.2, 0) is 0 Å². The highest BCUT2D eigenvalue weighted by Crippen LogP contribution is 2.46. The van der Waals surface area contributed by atoms with E-state index in [1.54, 1.807) is 19.1 Å².